The van der Waals surface area contributed by atoms with E-state index in [1.54, 1.807) is 12.4 Å². The zero-order valence-corrected chi connectivity index (χ0v) is 12.1. The first-order valence-corrected chi connectivity index (χ1v) is 7.32. The standard InChI is InChI=1S/C16H20N4O/c1-2-7-21-15-10-18-9-14(19-15)20-16-12-6-4-3-5-11(12)8-13(16)17/h3-6,9-10,13,16H,2,7-8,17H2,1H3,(H,19,20). The molecule has 5 nitrogen and oxygen atoms in total. The molecule has 21 heavy (non-hydrogen) atoms. The van der Waals surface area contributed by atoms with E-state index < -0.39 is 0 Å². The second kappa shape index (κ2) is 6.10. The second-order valence-corrected chi connectivity index (χ2v) is 5.28. The van der Waals surface area contributed by atoms with Crippen molar-refractivity contribution in [3.63, 3.8) is 0 Å². The lowest BCUT2D eigenvalue weighted by Gasteiger charge is -2.19. The fourth-order valence-electron chi connectivity index (χ4n) is 2.66. The van der Waals surface area contributed by atoms with E-state index in [9.17, 15) is 0 Å². The predicted octanol–water partition coefficient (Wildman–Crippen LogP) is 2.30. The van der Waals surface area contributed by atoms with Gasteiger partial charge in [-0.05, 0) is 24.0 Å². The Hall–Kier alpha value is -2.14. The number of ether oxygens (including phenoxy) is 1. The van der Waals surface area contributed by atoms with Gasteiger partial charge in [-0.15, -0.1) is 0 Å². The summed E-state index contributed by atoms with van der Waals surface area (Å²) in [5, 5.41) is 3.39. The zero-order chi connectivity index (χ0) is 14.7. The summed E-state index contributed by atoms with van der Waals surface area (Å²) in [7, 11) is 0. The Bertz CT molecular complexity index is 617. The first-order valence-electron chi connectivity index (χ1n) is 7.32. The summed E-state index contributed by atoms with van der Waals surface area (Å²) in [6, 6.07) is 8.44. The Morgan fingerprint density at radius 2 is 2.19 bits per heavy atom. The normalized spacial score (nSPS) is 20.1. The highest BCUT2D eigenvalue weighted by Gasteiger charge is 2.29. The van der Waals surface area contributed by atoms with Crippen molar-refractivity contribution in [3.8, 4) is 5.88 Å². The van der Waals surface area contributed by atoms with Crippen LogP contribution in [0.2, 0.25) is 0 Å². The van der Waals surface area contributed by atoms with Crippen LogP contribution >= 0.6 is 0 Å². The summed E-state index contributed by atoms with van der Waals surface area (Å²) in [4.78, 5) is 8.60. The van der Waals surface area contributed by atoms with Crippen LogP contribution in [0.15, 0.2) is 36.7 Å². The molecule has 1 aliphatic rings. The smallest absolute Gasteiger partial charge is 0.234 e. The highest BCUT2D eigenvalue weighted by atomic mass is 16.5. The Balaban J connectivity index is 1.77. The molecule has 2 atom stereocenters. The molecule has 0 fully saturated rings. The highest BCUT2D eigenvalue weighted by Crippen LogP contribution is 2.32. The molecule has 2 aromatic rings. The van der Waals surface area contributed by atoms with Crippen LogP contribution < -0.4 is 15.8 Å². The maximum Gasteiger partial charge on any atom is 0.234 e. The molecule has 1 aromatic heterocycles. The van der Waals surface area contributed by atoms with Crippen molar-refractivity contribution in [2.45, 2.75) is 31.8 Å². The van der Waals surface area contributed by atoms with Gasteiger partial charge in [0.15, 0.2) is 0 Å². The Labute approximate surface area is 124 Å². The van der Waals surface area contributed by atoms with Crippen molar-refractivity contribution in [3.05, 3.63) is 47.8 Å². The molecule has 0 spiro atoms. The minimum atomic E-state index is 0.0458. The molecule has 0 saturated heterocycles. The largest absolute Gasteiger partial charge is 0.477 e. The van der Waals surface area contributed by atoms with E-state index in [-0.39, 0.29) is 12.1 Å². The molecule has 0 saturated carbocycles. The van der Waals surface area contributed by atoms with Gasteiger partial charge in [0.05, 0.1) is 25.0 Å². The van der Waals surface area contributed by atoms with Gasteiger partial charge in [-0.25, -0.2) is 0 Å². The van der Waals surface area contributed by atoms with E-state index in [4.69, 9.17) is 10.5 Å². The van der Waals surface area contributed by atoms with Gasteiger partial charge in [0.1, 0.15) is 5.82 Å². The maximum atomic E-state index is 6.25. The first-order chi connectivity index (χ1) is 10.3. The first kappa shape index (κ1) is 13.8. The summed E-state index contributed by atoms with van der Waals surface area (Å²) in [6.07, 6.45) is 5.16. The molecule has 3 N–H and O–H groups in total. The predicted molar refractivity (Wildman–Crippen MR) is 82.3 cm³/mol. The quantitative estimate of drug-likeness (QED) is 0.881. The molecule has 5 heteroatoms. The van der Waals surface area contributed by atoms with E-state index >= 15 is 0 Å². The van der Waals surface area contributed by atoms with E-state index in [0.717, 1.165) is 12.8 Å². The number of hydrogen-bond donors (Lipinski definition) is 2. The van der Waals surface area contributed by atoms with E-state index in [2.05, 4.69) is 34.3 Å². The molecular weight excluding hydrogens is 264 g/mol. The van der Waals surface area contributed by atoms with Crippen molar-refractivity contribution < 1.29 is 4.74 Å². The van der Waals surface area contributed by atoms with Crippen LogP contribution in [0, 0.1) is 0 Å². The molecule has 110 valence electrons. The number of aromatic nitrogens is 2. The molecule has 0 radical (unpaired) electrons. The van der Waals surface area contributed by atoms with Gasteiger partial charge in [0.25, 0.3) is 0 Å². The summed E-state index contributed by atoms with van der Waals surface area (Å²) in [5.74, 6) is 1.24. The third kappa shape index (κ3) is 2.97. The van der Waals surface area contributed by atoms with Gasteiger partial charge in [0, 0.05) is 6.04 Å². The number of fused-ring (bicyclic) bond motifs is 1. The Kier molecular flexibility index (Phi) is 4.01. The van der Waals surface area contributed by atoms with Crippen LogP contribution in [0.3, 0.4) is 0 Å². The molecule has 1 aromatic carbocycles. The lowest BCUT2D eigenvalue weighted by Crippen LogP contribution is -2.30. The van der Waals surface area contributed by atoms with Crippen LogP contribution in [-0.4, -0.2) is 22.6 Å². The van der Waals surface area contributed by atoms with Gasteiger partial charge >= 0.3 is 0 Å². The molecule has 0 aliphatic heterocycles. The van der Waals surface area contributed by atoms with E-state index in [1.807, 2.05) is 12.1 Å². The third-order valence-electron chi connectivity index (χ3n) is 3.64. The van der Waals surface area contributed by atoms with Crippen molar-refractivity contribution in [1.29, 1.82) is 0 Å². The number of nitrogens with zero attached hydrogens (tertiary/aromatic N) is 2. The highest BCUT2D eigenvalue weighted by molar-refractivity contribution is 5.45. The summed E-state index contributed by atoms with van der Waals surface area (Å²) in [6.45, 7) is 2.70. The number of anilines is 1. The number of benzene rings is 1. The topological polar surface area (TPSA) is 73.1 Å². The molecule has 0 bridgehead atoms. The van der Waals surface area contributed by atoms with Gasteiger partial charge in [0.2, 0.25) is 5.88 Å². The van der Waals surface area contributed by atoms with Crippen molar-refractivity contribution in [2.75, 3.05) is 11.9 Å². The Morgan fingerprint density at radius 3 is 3.05 bits per heavy atom. The van der Waals surface area contributed by atoms with Crippen molar-refractivity contribution in [2.24, 2.45) is 5.73 Å². The molecule has 1 heterocycles. The minimum absolute atomic E-state index is 0.0458. The average molecular weight is 284 g/mol. The summed E-state index contributed by atoms with van der Waals surface area (Å²) in [5.41, 5.74) is 8.80. The lowest BCUT2D eigenvalue weighted by atomic mass is 10.1. The Morgan fingerprint density at radius 1 is 1.33 bits per heavy atom. The number of hydrogen-bond acceptors (Lipinski definition) is 5. The third-order valence-corrected chi connectivity index (χ3v) is 3.64. The number of nitrogens with two attached hydrogens (primary N) is 1. The van der Waals surface area contributed by atoms with Crippen LogP contribution in [0.5, 0.6) is 5.88 Å². The second-order valence-electron chi connectivity index (χ2n) is 5.28. The number of rotatable bonds is 5. The minimum Gasteiger partial charge on any atom is -0.477 e. The van der Waals surface area contributed by atoms with Crippen molar-refractivity contribution in [1.82, 2.24) is 9.97 Å². The molecule has 3 rings (SSSR count). The average Bonchev–Trinajstić information content (AvgIpc) is 2.82. The van der Waals surface area contributed by atoms with Gasteiger partial charge in [-0.1, -0.05) is 31.2 Å². The maximum absolute atomic E-state index is 6.25. The van der Waals surface area contributed by atoms with E-state index in [1.165, 1.54) is 11.1 Å². The molecule has 1 aliphatic carbocycles. The summed E-state index contributed by atoms with van der Waals surface area (Å²) >= 11 is 0. The fourth-order valence-corrected chi connectivity index (χ4v) is 2.66. The summed E-state index contributed by atoms with van der Waals surface area (Å²) < 4.78 is 5.51. The molecule has 0 amide bonds. The fraction of sp³-hybridized carbons (Fsp3) is 0.375. The zero-order valence-electron chi connectivity index (χ0n) is 12.1. The van der Waals surface area contributed by atoms with Crippen LogP contribution in [0.4, 0.5) is 5.82 Å². The van der Waals surface area contributed by atoms with Crippen molar-refractivity contribution >= 4 is 5.82 Å². The SMILES string of the molecule is CCCOc1cncc(NC2c3ccccc3CC2N)n1. The lowest BCUT2D eigenvalue weighted by molar-refractivity contribution is 0.304. The van der Waals surface area contributed by atoms with Crippen LogP contribution in [0.1, 0.15) is 30.5 Å². The molecule has 2 unspecified atom stereocenters. The number of nitrogens with one attached hydrogen (secondary N) is 1. The van der Waals surface area contributed by atoms with Gasteiger partial charge in [-0.3, -0.25) is 4.98 Å². The van der Waals surface area contributed by atoms with Crippen LogP contribution in [-0.2, 0) is 6.42 Å². The van der Waals surface area contributed by atoms with Gasteiger partial charge in [-0.2, -0.15) is 4.98 Å². The monoisotopic (exact) mass is 284 g/mol. The van der Waals surface area contributed by atoms with E-state index in [0.29, 0.717) is 18.3 Å². The van der Waals surface area contributed by atoms with Crippen LogP contribution in [0.25, 0.3) is 0 Å². The van der Waals surface area contributed by atoms with Gasteiger partial charge < -0.3 is 15.8 Å². The molecular formula is C16H20N4O.